The van der Waals surface area contributed by atoms with Gasteiger partial charge in [0, 0.05) is 6.04 Å². The van der Waals surface area contributed by atoms with Gasteiger partial charge in [-0.3, -0.25) is 10.1 Å². The summed E-state index contributed by atoms with van der Waals surface area (Å²) in [4.78, 5) is 14.8. The van der Waals surface area contributed by atoms with Crippen LogP contribution < -0.4 is 5.32 Å². The van der Waals surface area contributed by atoms with Gasteiger partial charge in [-0.2, -0.15) is 0 Å². The molecule has 3 fully saturated rings. The monoisotopic (exact) mass is 236 g/mol. The van der Waals surface area contributed by atoms with Gasteiger partial charge < -0.3 is 4.90 Å². The van der Waals surface area contributed by atoms with Crippen molar-refractivity contribution in [2.75, 3.05) is 0 Å². The number of hydrogen-bond acceptors (Lipinski definition) is 2. The van der Waals surface area contributed by atoms with Gasteiger partial charge in [0.1, 0.15) is 0 Å². The summed E-state index contributed by atoms with van der Waals surface area (Å²) >= 11 is 0. The van der Waals surface area contributed by atoms with Crippen LogP contribution in [0.4, 0.5) is 0 Å². The van der Waals surface area contributed by atoms with Crippen molar-refractivity contribution in [2.45, 2.75) is 70.6 Å². The van der Waals surface area contributed by atoms with Crippen LogP contribution in [-0.4, -0.2) is 28.6 Å². The Morgan fingerprint density at radius 1 is 1.41 bits per heavy atom. The zero-order valence-corrected chi connectivity index (χ0v) is 11.2. The lowest BCUT2D eigenvalue weighted by Crippen LogP contribution is -2.46. The molecule has 3 nitrogen and oxygen atoms in total. The summed E-state index contributed by atoms with van der Waals surface area (Å²) in [6, 6.07) is 0.525. The summed E-state index contributed by atoms with van der Waals surface area (Å²) < 4.78 is 0. The van der Waals surface area contributed by atoms with Crippen LogP contribution in [-0.2, 0) is 4.79 Å². The number of nitrogens with one attached hydrogen (secondary N) is 1. The maximum Gasteiger partial charge on any atom is 0.244 e. The predicted octanol–water partition coefficient (Wildman–Crippen LogP) is 2.12. The fourth-order valence-corrected chi connectivity index (χ4v) is 4.30. The first-order chi connectivity index (χ1) is 8.05. The van der Waals surface area contributed by atoms with Gasteiger partial charge in [-0.1, -0.05) is 13.3 Å². The van der Waals surface area contributed by atoms with Gasteiger partial charge in [0.2, 0.25) is 5.91 Å². The van der Waals surface area contributed by atoms with E-state index in [1.54, 1.807) is 0 Å². The van der Waals surface area contributed by atoms with E-state index >= 15 is 0 Å². The molecule has 2 saturated carbocycles. The molecule has 0 aromatic carbocycles. The Hall–Kier alpha value is -0.570. The second-order valence-electron chi connectivity index (χ2n) is 6.46. The molecule has 2 aliphatic carbocycles. The van der Waals surface area contributed by atoms with Gasteiger partial charge >= 0.3 is 0 Å². The Morgan fingerprint density at radius 3 is 2.65 bits per heavy atom. The molecule has 3 heteroatoms. The van der Waals surface area contributed by atoms with Gasteiger partial charge in [-0.05, 0) is 51.4 Å². The van der Waals surface area contributed by atoms with Crippen molar-refractivity contribution >= 4 is 5.91 Å². The third-order valence-electron chi connectivity index (χ3n) is 5.42. The summed E-state index contributed by atoms with van der Waals surface area (Å²) in [5.41, 5.74) is -0.318. The third kappa shape index (κ3) is 1.55. The molecule has 2 bridgehead atoms. The molecule has 0 radical (unpaired) electrons. The number of rotatable bonds is 2. The van der Waals surface area contributed by atoms with Crippen molar-refractivity contribution in [3.05, 3.63) is 0 Å². The highest BCUT2D eigenvalue weighted by molar-refractivity contribution is 5.88. The fourth-order valence-electron chi connectivity index (χ4n) is 4.30. The standard InChI is InChI=1S/C14H24N2O/c1-4-14(3)13(17)16(9(2)15-14)12-8-10-5-6-11(12)7-10/h9-12,15H,4-8H2,1-3H3. The van der Waals surface area contributed by atoms with E-state index in [0.717, 1.165) is 18.3 Å². The minimum Gasteiger partial charge on any atom is -0.323 e. The van der Waals surface area contributed by atoms with Crippen LogP contribution in [0.15, 0.2) is 0 Å². The number of carbonyl (C=O) groups is 1. The lowest BCUT2D eigenvalue weighted by atomic mass is 9.92. The summed E-state index contributed by atoms with van der Waals surface area (Å²) in [7, 11) is 0. The Labute approximate surface area is 104 Å². The molecule has 0 aromatic rings. The molecule has 5 atom stereocenters. The minimum absolute atomic E-state index is 0.219. The van der Waals surface area contributed by atoms with Crippen molar-refractivity contribution in [2.24, 2.45) is 11.8 Å². The zero-order valence-electron chi connectivity index (χ0n) is 11.2. The summed E-state index contributed by atoms with van der Waals surface area (Å²) in [6.45, 7) is 6.30. The van der Waals surface area contributed by atoms with Gasteiger partial charge in [0.25, 0.3) is 0 Å². The van der Waals surface area contributed by atoms with Crippen molar-refractivity contribution in [1.29, 1.82) is 0 Å². The van der Waals surface area contributed by atoms with Crippen molar-refractivity contribution < 1.29 is 4.79 Å². The maximum atomic E-state index is 12.6. The van der Waals surface area contributed by atoms with E-state index in [-0.39, 0.29) is 11.7 Å². The highest BCUT2D eigenvalue weighted by atomic mass is 16.2. The van der Waals surface area contributed by atoms with Crippen molar-refractivity contribution in [3.63, 3.8) is 0 Å². The van der Waals surface area contributed by atoms with E-state index < -0.39 is 0 Å². The van der Waals surface area contributed by atoms with Gasteiger partial charge in [0.05, 0.1) is 11.7 Å². The molecule has 5 unspecified atom stereocenters. The molecule has 1 heterocycles. The van der Waals surface area contributed by atoms with Gasteiger partial charge in [-0.25, -0.2) is 0 Å². The van der Waals surface area contributed by atoms with E-state index in [0.29, 0.717) is 11.9 Å². The molecule has 1 saturated heterocycles. The lowest BCUT2D eigenvalue weighted by molar-refractivity contribution is -0.136. The number of carbonyl (C=O) groups excluding carboxylic acids is 1. The molecular weight excluding hydrogens is 212 g/mol. The molecule has 0 aromatic heterocycles. The Morgan fingerprint density at radius 2 is 2.18 bits per heavy atom. The second-order valence-corrected chi connectivity index (χ2v) is 6.46. The predicted molar refractivity (Wildman–Crippen MR) is 67.4 cm³/mol. The summed E-state index contributed by atoms with van der Waals surface area (Å²) in [5.74, 6) is 2.02. The quantitative estimate of drug-likeness (QED) is 0.796. The molecule has 0 spiro atoms. The number of amides is 1. The fraction of sp³-hybridized carbons (Fsp3) is 0.929. The van der Waals surface area contributed by atoms with E-state index in [1.807, 2.05) is 0 Å². The van der Waals surface area contributed by atoms with E-state index in [1.165, 1.54) is 25.7 Å². The van der Waals surface area contributed by atoms with Crippen LogP contribution in [0.5, 0.6) is 0 Å². The van der Waals surface area contributed by atoms with Crippen LogP contribution in [0.25, 0.3) is 0 Å². The second kappa shape index (κ2) is 3.71. The molecule has 1 amide bonds. The maximum absolute atomic E-state index is 12.6. The average molecular weight is 236 g/mol. The molecule has 17 heavy (non-hydrogen) atoms. The van der Waals surface area contributed by atoms with Crippen LogP contribution in [0.1, 0.15) is 52.9 Å². The smallest absolute Gasteiger partial charge is 0.244 e. The third-order valence-corrected chi connectivity index (χ3v) is 5.42. The molecule has 96 valence electrons. The SMILES string of the molecule is CCC1(C)NC(C)N(C2CC3CCC2C3)C1=O. The normalized spacial score (nSPS) is 49.4. The van der Waals surface area contributed by atoms with Crippen molar-refractivity contribution in [1.82, 2.24) is 10.2 Å². The van der Waals surface area contributed by atoms with Crippen LogP contribution in [0, 0.1) is 11.8 Å². The average Bonchev–Trinajstić information content (AvgIpc) is 2.95. The number of fused-ring (bicyclic) bond motifs is 2. The first kappa shape index (κ1) is 11.5. The summed E-state index contributed by atoms with van der Waals surface area (Å²) in [6.07, 6.45) is 6.46. The topological polar surface area (TPSA) is 32.3 Å². The Balaban J connectivity index is 1.82. The molecule has 1 aliphatic heterocycles. The largest absolute Gasteiger partial charge is 0.323 e. The first-order valence-corrected chi connectivity index (χ1v) is 7.15. The Bertz CT molecular complexity index is 343. The molecular formula is C14H24N2O. The summed E-state index contributed by atoms with van der Waals surface area (Å²) in [5, 5.41) is 3.49. The minimum atomic E-state index is -0.318. The molecule has 3 rings (SSSR count). The molecule has 1 N–H and O–H groups in total. The number of nitrogens with zero attached hydrogens (tertiary/aromatic N) is 1. The molecule has 3 aliphatic rings. The van der Waals surface area contributed by atoms with Crippen LogP contribution >= 0.6 is 0 Å². The van der Waals surface area contributed by atoms with E-state index in [2.05, 4.69) is 31.0 Å². The first-order valence-electron chi connectivity index (χ1n) is 7.15. The van der Waals surface area contributed by atoms with Crippen molar-refractivity contribution in [3.8, 4) is 0 Å². The lowest BCUT2D eigenvalue weighted by Gasteiger charge is -2.34. The highest BCUT2D eigenvalue weighted by Gasteiger charge is 2.52. The van der Waals surface area contributed by atoms with E-state index in [9.17, 15) is 4.79 Å². The van der Waals surface area contributed by atoms with Gasteiger partial charge in [-0.15, -0.1) is 0 Å². The highest BCUT2D eigenvalue weighted by Crippen LogP contribution is 2.48. The number of hydrogen-bond donors (Lipinski definition) is 1. The Kier molecular flexibility index (Phi) is 2.51. The van der Waals surface area contributed by atoms with Gasteiger partial charge in [0.15, 0.2) is 0 Å². The van der Waals surface area contributed by atoms with Crippen LogP contribution in [0.2, 0.25) is 0 Å². The van der Waals surface area contributed by atoms with E-state index in [4.69, 9.17) is 0 Å². The van der Waals surface area contributed by atoms with Crippen LogP contribution in [0.3, 0.4) is 0 Å². The zero-order chi connectivity index (χ0) is 12.2.